The highest BCUT2D eigenvalue weighted by Gasteiger charge is 2.04. The number of methoxy groups -OCH3 is 1. The van der Waals surface area contributed by atoms with Crippen molar-refractivity contribution < 1.29 is 9.53 Å². The summed E-state index contributed by atoms with van der Waals surface area (Å²) in [6, 6.07) is 6.18. The van der Waals surface area contributed by atoms with Gasteiger partial charge in [-0.25, -0.2) is 0 Å². The molecule has 0 aliphatic heterocycles. The lowest BCUT2D eigenvalue weighted by Gasteiger charge is -2.10. The van der Waals surface area contributed by atoms with Crippen LogP contribution in [0.25, 0.3) is 0 Å². The molecule has 0 spiro atoms. The molecule has 0 aliphatic carbocycles. The van der Waals surface area contributed by atoms with E-state index in [0.717, 1.165) is 24.2 Å². The Labute approximate surface area is 108 Å². The van der Waals surface area contributed by atoms with Crippen LogP contribution in [0.15, 0.2) is 18.2 Å². The van der Waals surface area contributed by atoms with Crippen LogP contribution in [-0.4, -0.2) is 25.3 Å². The van der Waals surface area contributed by atoms with Crippen LogP contribution in [0.4, 0.5) is 0 Å². The number of carbonyl (C=O) groups is 1. The summed E-state index contributed by atoms with van der Waals surface area (Å²) in [5.74, 6) is 1.06. The van der Waals surface area contributed by atoms with Crippen LogP contribution in [0.3, 0.4) is 0 Å². The number of benzene rings is 1. The second kappa shape index (κ2) is 7.22. The van der Waals surface area contributed by atoms with Gasteiger partial charge >= 0.3 is 0 Å². The lowest BCUT2D eigenvalue weighted by atomic mass is 10.1. The van der Waals surface area contributed by atoms with Gasteiger partial charge in [-0.3, -0.25) is 4.79 Å². The molecule has 17 heavy (non-hydrogen) atoms. The molecular weight excluding hydrogens is 234 g/mol. The number of carbonyl (C=O) groups excluding carboxylic acids is 1. The van der Waals surface area contributed by atoms with Crippen molar-refractivity contribution in [1.29, 1.82) is 0 Å². The van der Waals surface area contributed by atoms with E-state index >= 15 is 0 Å². The normalized spacial score (nSPS) is 10.1. The van der Waals surface area contributed by atoms with Crippen LogP contribution < -0.4 is 10.1 Å². The molecule has 1 aromatic carbocycles. The van der Waals surface area contributed by atoms with E-state index < -0.39 is 0 Å². The lowest BCUT2D eigenvalue weighted by molar-refractivity contribution is -0.118. The smallest absolute Gasteiger partial charge is 0.229 e. The van der Waals surface area contributed by atoms with E-state index in [9.17, 15) is 4.79 Å². The van der Waals surface area contributed by atoms with E-state index in [1.54, 1.807) is 7.11 Å². The molecule has 0 radical (unpaired) electrons. The van der Waals surface area contributed by atoms with Gasteiger partial charge in [-0.2, -0.15) is 12.6 Å². The Bertz CT molecular complexity index is 380. The quantitative estimate of drug-likeness (QED) is 0.759. The van der Waals surface area contributed by atoms with Crippen molar-refractivity contribution in [2.75, 3.05) is 19.4 Å². The second-order valence-electron chi connectivity index (χ2n) is 3.76. The van der Waals surface area contributed by atoms with Crippen molar-refractivity contribution in [3.05, 3.63) is 29.3 Å². The van der Waals surface area contributed by atoms with Crippen LogP contribution in [0.5, 0.6) is 5.75 Å². The fourth-order valence-electron chi connectivity index (χ4n) is 1.64. The van der Waals surface area contributed by atoms with Gasteiger partial charge in [0.15, 0.2) is 0 Å². The molecule has 0 fully saturated rings. The number of rotatable bonds is 6. The van der Waals surface area contributed by atoms with Crippen LogP contribution in [-0.2, 0) is 17.6 Å². The third-order valence-electron chi connectivity index (χ3n) is 2.61. The van der Waals surface area contributed by atoms with Crippen molar-refractivity contribution in [3.8, 4) is 5.75 Å². The Morgan fingerprint density at radius 3 is 2.82 bits per heavy atom. The summed E-state index contributed by atoms with van der Waals surface area (Å²) in [4.78, 5) is 11.1. The minimum Gasteiger partial charge on any atom is -0.496 e. The Morgan fingerprint density at radius 2 is 2.24 bits per heavy atom. The average Bonchev–Trinajstić information content (AvgIpc) is 2.38. The first-order valence-corrected chi connectivity index (χ1v) is 6.37. The van der Waals surface area contributed by atoms with E-state index in [-0.39, 0.29) is 11.7 Å². The molecule has 0 aromatic heterocycles. The fourth-order valence-corrected chi connectivity index (χ4v) is 1.75. The fraction of sp³-hybridized carbons (Fsp3) is 0.462. The Hall–Kier alpha value is -1.16. The number of ether oxygens (including phenoxy) is 1. The molecule has 0 unspecified atom stereocenters. The zero-order valence-corrected chi connectivity index (χ0v) is 11.2. The van der Waals surface area contributed by atoms with Crippen molar-refractivity contribution in [3.63, 3.8) is 0 Å². The monoisotopic (exact) mass is 253 g/mol. The molecule has 0 aliphatic rings. The summed E-state index contributed by atoms with van der Waals surface area (Å²) in [6.07, 6.45) is 1.77. The molecule has 0 atom stereocenters. The van der Waals surface area contributed by atoms with Crippen LogP contribution in [0.2, 0.25) is 0 Å². The predicted octanol–water partition coefficient (Wildman–Crippen LogP) is 1.85. The molecule has 1 rings (SSSR count). The Morgan fingerprint density at radius 1 is 1.47 bits per heavy atom. The van der Waals surface area contributed by atoms with Gasteiger partial charge in [-0.15, -0.1) is 0 Å². The number of nitrogens with one attached hydrogen (secondary N) is 1. The summed E-state index contributed by atoms with van der Waals surface area (Å²) >= 11 is 3.91. The SMILES string of the molecule is CCc1ccc(OC)c(CCNC(=O)CS)c1. The summed E-state index contributed by atoms with van der Waals surface area (Å²) in [6.45, 7) is 2.73. The van der Waals surface area contributed by atoms with Crippen molar-refractivity contribution >= 4 is 18.5 Å². The topological polar surface area (TPSA) is 38.3 Å². The molecule has 0 heterocycles. The molecule has 4 heteroatoms. The number of hydrogen-bond donors (Lipinski definition) is 2. The maximum Gasteiger partial charge on any atom is 0.229 e. The number of hydrogen-bond acceptors (Lipinski definition) is 3. The van der Waals surface area contributed by atoms with E-state index in [4.69, 9.17) is 4.74 Å². The highest BCUT2D eigenvalue weighted by atomic mass is 32.1. The molecule has 1 aromatic rings. The standard InChI is InChI=1S/C13H19NO2S/c1-3-10-4-5-12(16-2)11(8-10)6-7-14-13(15)9-17/h4-5,8,17H,3,6-7,9H2,1-2H3,(H,14,15). The van der Waals surface area contributed by atoms with Crippen molar-refractivity contribution in [2.45, 2.75) is 19.8 Å². The molecule has 1 amide bonds. The average molecular weight is 253 g/mol. The van der Waals surface area contributed by atoms with E-state index in [1.807, 2.05) is 6.07 Å². The number of amides is 1. The minimum atomic E-state index is -0.0426. The first-order valence-electron chi connectivity index (χ1n) is 5.74. The predicted molar refractivity (Wildman–Crippen MR) is 72.9 cm³/mol. The number of aryl methyl sites for hydroxylation is 1. The maximum atomic E-state index is 11.1. The summed E-state index contributed by atoms with van der Waals surface area (Å²) in [5, 5.41) is 2.80. The lowest BCUT2D eigenvalue weighted by Crippen LogP contribution is -2.26. The van der Waals surface area contributed by atoms with E-state index in [0.29, 0.717) is 6.54 Å². The zero-order valence-electron chi connectivity index (χ0n) is 10.3. The van der Waals surface area contributed by atoms with Gasteiger partial charge in [0, 0.05) is 6.54 Å². The summed E-state index contributed by atoms with van der Waals surface area (Å²) in [7, 11) is 1.66. The van der Waals surface area contributed by atoms with Crippen LogP contribution in [0, 0.1) is 0 Å². The maximum absolute atomic E-state index is 11.1. The molecule has 3 nitrogen and oxygen atoms in total. The number of thiol groups is 1. The zero-order chi connectivity index (χ0) is 12.7. The highest BCUT2D eigenvalue weighted by Crippen LogP contribution is 2.20. The molecule has 0 bridgehead atoms. The van der Waals surface area contributed by atoms with Gasteiger partial charge in [0.25, 0.3) is 0 Å². The van der Waals surface area contributed by atoms with Crippen molar-refractivity contribution in [2.24, 2.45) is 0 Å². The van der Waals surface area contributed by atoms with Crippen molar-refractivity contribution in [1.82, 2.24) is 5.32 Å². The summed E-state index contributed by atoms with van der Waals surface area (Å²) < 4.78 is 5.30. The largest absolute Gasteiger partial charge is 0.496 e. The molecular formula is C13H19NO2S. The van der Waals surface area contributed by atoms with Gasteiger partial charge < -0.3 is 10.1 Å². The molecule has 1 N–H and O–H groups in total. The minimum absolute atomic E-state index is 0.0426. The molecule has 0 saturated carbocycles. The first kappa shape index (κ1) is 13.9. The first-order chi connectivity index (χ1) is 8.21. The molecule has 0 saturated heterocycles. The van der Waals surface area contributed by atoms with E-state index in [1.165, 1.54) is 5.56 Å². The molecule has 94 valence electrons. The third-order valence-corrected chi connectivity index (χ3v) is 2.90. The third kappa shape index (κ3) is 4.30. The van der Waals surface area contributed by atoms with Gasteiger partial charge in [0.05, 0.1) is 12.9 Å². The van der Waals surface area contributed by atoms with Crippen LogP contribution >= 0.6 is 12.6 Å². The van der Waals surface area contributed by atoms with Gasteiger partial charge in [0.1, 0.15) is 5.75 Å². The highest BCUT2D eigenvalue weighted by molar-refractivity contribution is 7.81. The Balaban J connectivity index is 2.64. The second-order valence-corrected chi connectivity index (χ2v) is 4.07. The van der Waals surface area contributed by atoms with Gasteiger partial charge in [-0.1, -0.05) is 19.1 Å². The van der Waals surface area contributed by atoms with Gasteiger partial charge in [-0.05, 0) is 30.0 Å². The van der Waals surface area contributed by atoms with Gasteiger partial charge in [0.2, 0.25) is 5.91 Å². The Kier molecular flexibility index (Phi) is 5.91. The van der Waals surface area contributed by atoms with E-state index in [2.05, 4.69) is 37.0 Å². The summed E-state index contributed by atoms with van der Waals surface area (Å²) in [5.41, 5.74) is 2.41. The van der Waals surface area contributed by atoms with Crippen LogP contribution in [0.1, 0.15) is 18.1 Å².